The molecular formula is C18H33N3. The molecule has 1 N–H and O–H groups in total. The fraction of sp³-hybridized carbons (Fsp3) is 0.778. The van der Waals surface area contributed by atoms with Crippen molar-refractivity contribution in [3.63, 3.8) is 0 Å². The fourth-order valence-corrected chi connectivity index (χ4v) is 2.75. The molecule has 1 atom stereocenters. The lowest BCUT2D eigenvalue weighted by atomic mass is 9.97. The first-order valence-electron chi connectivity index (χ1n) is 8.79. The minimum absolute atomic E-state index is 0.440. The Kier molecular flexibility index (Phi) is 9.24. The molecule has 21 heavy (non-hydrogen) atoms. The van der Waals surface area contributed by atoms with Crippen LogP contribution in [-0.4, -0.2) is 16.7 Å². The molecule has 0 aromatic carbocycles. The average molecular weight is 291 g/mol. The normalized spacial score (nSPS) is 12.6. The zero-order valence-corrected chi connectivity index (χ0v) is 14.4. The van der Waals surface area contributed by atoms with Crippen LogP contribution in [0.1, 0.15) is 88.7 Å². The topological polar surface area (TPSA) is 37.8 Å². The molecule has 0 saturated carbocycles. The quantitative estimate of drug-likeness (QED) is 0.598. The van der Waals surface area contributed by atoms with Crippen molar-refractivity contribution in [1.82, 2.24) is 15.5 Å². The predicted molar refractivity (Wildman–Crippen MR) is 90.6 cm³/mol. The average Bonchev–Trinajstić information content (AvgIpc) is 2.50. The fourth-order valence-electron chi connectivity index (χ4n) is 2.75. The third-order valence-corrected chi connectivity index (χ3v) is 3.97. The summed E-state index contributed by atoms with van der Waals surface area (Å²) in [7, 11) is 0. The molecule has 1 heterocycles. The maximum Gasteiger partial charge on any atom is 0.0676 e. The van der Waals surface area contributed by atoms with Gasteiger partial charge in [-0.25, -0.2) is 0 Å². The van der Waals surface area contributed by atoms with Crippen molar-refractivity contribution in [2.24, 2.45) is 0 Å². The van der Waals surface area contributed by atoms with E-state index in [1.807, 2.05) is 6.92 Å². The van der Waals surface area contributed by atoms with E-state index < -0.39 is 0 Å². The van der Waals surface area contributed by atoms with Gasteiger partial charge in [-0.15, -0.1) is 0 Å². The van der Waals surface area contributed by atoms with Gasteiger partial charge in [-0.3, -0.25) is 0 Å². The highest BCUT2D eigenvalue weighted by atomic mass is 15.1. The molecule has 0 amide bonds. The summed E-state index contributed by atoms with van der Waals surface area (Å²) in [5.41, 5.74) is 3.55. The van der Waals surface area contributed by atoms with Crippen molar-refractivity contribution >= 4 is 0 Å². The Labute approximate surface area is 130 Å². The first-order chi connectivity index (χ1) is 10.2. The van der Waals surface area contributed by atoms with Gasteiger partial charge in [0.25, 0.3) is 0 Å². The maximum atomic E-state index is 4.39. The van der Waals surface area contributed by atoms with Gasteiger partial charge in [-0.1, -0.05) is 52.9 Å². The highest BCUT2D eigenvalue weighted by Crippen LogP contribution is 2.23. The molecule has 0 aliphatic heterocycles. The highest BCUT2D eigenvalue weighted by Gasteiger charge is 2.15. The lowest BCUT2D eigenvalue weighted by Crippen LogP contribution is -2.24. The van der Waals surface area contributed by atoms with E-state index in [-0.39, 0.29) is 0 Å². The molecule has 3 heteroatoms. The van der Waals surface area contributed by atoms with Crippen LogP contribution in [0.15, 0.2) is 6.07 Å². The predicted octanol–water partition coefficient (Wildman–Crippen LogP) is 4.75. The molecule has 0 spiro atoms. The number of hydrogen-bond acceptors (Lipinski definition) is 3. The van der Waals surface area contributed by atoms with Gasteiger partial charge in [-0.2, -0.15) is 10.2 Å². The number of nitrogens with zero attached hydrogens (tertiary/aromatic N) is 2. The Morgan fingerprint density at radius 1 is 1.00 bits per heavy atom. The van der Waals surface area contributed by atoms with E-state index in [2.05, 4.69) is 42.4 Å². The SMILES string of the molecule is CCCCCCCC(NCCC)c1cc(C)nnc1CC. The minimum atomic E-state index is 0.440. The Bertz CT molecular complexity index is 390. The largest absolute Gasteiger partial charge is 0.310 e. The zero-order valence-electron chi connectivity index (χ0n) is 14.4. The number of nitrogens with one attached hydrogen (secondary N) is 1. The van der Waals surface area contributed by atoms with Gasteiger partial charge >= 0.3 is 0 Å². The van der Waals surface area contributed by atoms with Crippen LogP contribution in [0.4, 0.5) is 0 Å². The van der Waals surface area contributed by atoms with Crippen LogP contribution in [0.2, 0.25) is 0 Å². The van der Waals surface area contributed by atoms with Gasteiger partial charge in [0, 0.05) is 6.04 Å². The maximum absolute atomic E-state index is 4.39. The van der Waals surface area contributed by atoms with E-state index in [1.165, 1.54) is 50.5 Å². The molecule has 0 aliphatic rings. The van der Waals surface area contributed by atoms with E-state index >= 15 is 0 Å². The van der Waals surface area contributed by atoms with Gasteiger partial charge in [0.2, 0.25) is 0 Å². The van der Waals surface area contributed by atoms with Crippen LogP contribution in [0, 0.1) is 6.92 Å². The number of unbranched alkanes of at least 4 members (excludes halogenated alkanes) is 4. The van der Waals surface area contributed by atoms with Crippen LogP contribution in [0.3, 0.4) is 0 Å². The smallest absolute Gasteiger partial charge is 0.0676 e. The summed E-state index contributed by atoms with van der Waals surface area (Å²) in [5.74, 6) is 0. The van der Waals surface area contributed by atoms with Crippen LogP contribution >= 0.6 is 0 Å². The molecule has 0 saturated heterocycles. The van der Waals surface area contributed by atoms with Gasteiger partial charge in [0.15, 0.2) is 0 Å². The van der Waals surface area contributed by atoms with Gasteiger partial charge < -0.3 is 5.32 Å². The second kappa shape index (κ2) is 10.7. The van der Waals surface area contributed by atoms with Gasteiger partial charge in [0.05, 0.1) is 11.4 Å². The molecule has 0 fully saturated rings. The summed E-state index contributed by atoms with van der Waals surface area (Å²) >= 11 is 0. The van der Waals surface area contributed by atoms with Crippen LogP contribution < -0.4 is 5.32 Å². The summed E-state index contributed by atoms with van der Waals surface area (Å²) in [6.45, 7) is 9.77. The third kappa shape index (κ3) is 6.56. The van der Waals surface area contributed by atoms with E-state index in [1.54, 1.807) is 0 Å². The van der Waals surface area contributed by atoms with Gasteiger partial charge in [0.1, 0.15) is 0 Å². The molecule has 1 aromatic heterocycles. The summed E-state index contributed by atoms with van der Waals surface area (Å²) in [5, 5.41) is 12.3. The minimum Gasteiger partial charge on any atom is -0.310 e. The first kappa shape index (κ1) is 18.1. The van der Waals surface area contributed by atoms with Crippen LogP contribution in [0.25, 0.3) is 0 Å². The standard InChI is InChI=1S/C18H33N3/c1-5-8-9-10-11-12-18(19-13-6-2)16-14-15(4)20-21-17(16)7-3/h14,18-19H,5-13H2,1-4H3. The zero-order chi connectivity index (χ0) is 15.5. The van der Waals surface area contributed by atoms with Crippen molar-refractivity contribution in [3.05, 3.63) is 23.0 Å². The third-order valence-electron chi connectivity index (χ3n) is 3.97. The second-order valence-electron chi connectivity index (χ2n) is 5.95. The van der Waals surface area contributed by atoms with Crippen molar-refractivity contribution in [2.75, 3.05) is 6.54 Å². The molecule has 120 valence electrons. The Morgan fingerprint density at radius 2 is 1.76 bits per heavy atom. The number of hydrogen-bond donors (Lipinski definition) is 1. The summed E-state index contributed by atoms with van der Waals surface area (Å²) in [6.07, 6.45) is 10.0. The van der Waals surface area contributed by atoms with E-state index in [4.69, 9.17) is 0 Å². The monoisotopic (exact) mass is 291 g/mol. The Balaban J connectivity index is 2.69. The first-order valence-corrected chi connectivity index (χ1v) is 8.79. The number of rotatable bonds is 11. The number of aromatic nitrogens is 2. The second-order valence-corrected chi connectivity index (χ2v) is 5.95. The lowest BCUT2D eigenvalue weighted by Gasteiger charge is -2.21. The van der Waals surface area contributed by atoms with Crippen LogP contribution in [0.5, 0.6) is 0 Å². The van der Waals surface area contributed by atoms with E-state index in [0.717, 1.165) is 24.4 Å². The van der Waals surface area contributed by atoms with Crippen LogP contribution in [-0.2, 0) is 6.42 Å². The summed E-state index contributed by atoms with van der Waals surface area (Å²) < 4.78 is 0. The highest BCUT2D eigenvalue weighted by molar-refractivity contribution is 5.24. The molecule has 0 radical (unpaired) electrons. The van der Waals surface area contributed by atoms with Crippen molar-refractivity contribution in [1.29, 1.82) is 0 Å². The summed E-state index contributed by atoms with van der Waals surface area (Å²) in [6, 6.07) is 2.67. The molecule has 3 nitrogen and oxygen atoms in total. The van der Waals surface area contributed by atoms with Crippen molar-refractivity contribution in [3.8, 4) is 0 Å². The molecular weight excluding hydrogens is 258 g/mol. The van der Waals surface area contributed by atoms with Crippen molar-refractivity contribution < 1.29 is 0 Å². The Morgan fingerprint density at radius 3 is 2.43 bits per heavy atom. The van der Waals surface area contributed by atoms with E-state index in [9.17, 15) is 0 Å². The molecule has 1 aromatic rings. The summed E-state index contributed by atoms with van der Waals surface area (Å²) in [4.78, 5) is 0. The lowest BCUT2D eigenvalue weighted by molar-refractivity contribution is 0.463. The van der Waals surface area contributed by atoms with Crippen molar-refractivity contribution in [2.45, 2.75) is 85.1 Å². The molecule has 1 unspecified atom stereocenters. The molecule has 1 rings (SSSR count). The number of aryl methyl sites for hydroxylation is 2. The van der Waals surface area contributed by atoms with E-state index in [0.29, 0.717) is 6.04 Å². The van der Waals surface area contributed by atoms with Gasteiger partial charge in [-0.05, 0) is 44.4 Å². The molecule has 0 bridgehead atoms. The molecule has 0 aliphatic carbocycles. The Hall–Kier alpha value is -0.960.